The first-order valence-electron chi connectivity index (χ1n) is 8.33. The number of methoxy groups -OCH3 is 1. The van der Waals surface area contributed by atoms with Gasteiger partial charge in [-0.25, -0.2) is 0 Å². The highest BCUT2D eigenvalue weighted by atomic mass is 32.2. The monoisotopic (exact) mass is 355 g/mol. The largest absolute Gasteiger partial charge is 0.496 e. The molecule has 0 radical (unpaired) electrons. The Labute approximate surface area is 154 Å². The fourth-order valence-corrected chi connectivity index (χ4v) is 3.37. The van der Waals surface area contributed by atoms with Gasteiger partial charge < -0.3 is 10.1 Å². The van der Waals surface area contributed by atoms with Gasteiger partial charge in [-0.05, 0) is 42.7 Å². The van der Waals surface area contributed by atoms with E-state index in [2.05, 4.69) is 43.1 Å². The molecule has 0 heterocycles. The summed E-state index contributed by atoms with van der Waals surface area (Å²) in [5.41, 5.74) is 4.22. The Balaban J connectivity index is 1.80. The molecule has 1 N–H and O–H groups in total. The zero-order chi connectivity index (χ0) is 18.1. The average Bonchev–Trinajstić information content (AvgIpc) is 2.61. The number of amides is 1. The van der Waals surface area contributed by atoms with Crippen molar-refractivity contribution in [2.45, 2.75) is 19.1 Å². The van der Waals surface area contributed by atoms with E-state index in [0.717, 1.165) is 22.8 Å². The second-order valence-corrected chi connectivity index (χ2v) is 6.92. The highest BCUT2D eigenvalue weighted by Gasteiger charge is 2.09. The van der Waals surface area contributed by atoms with Crippen LogP contribution in [0.4, 0.5) is 0 Å². The molecule has 3 nitrogen and oxygen atoms in total. The van der Waals surface area contributed by atoms with Gasteiger partial charge in [0.05, 0.1) is 7.11 Å². The maximum Gasteiger partial charge on any atom is 0.251 e. The standard InChI is InChI=1S/C21H25NO2S/c1-4-6-18-14-19(9-10-20(18)24-3)21(23)22-11-12-25-15-17-8-5-7-16(2)13-17/h4-5,7-10,13-14H,1,6,11-12,15H2,2-3H3,(H,22,23). The van der Waals surface area contributed by atoms with Crippen molar-refractivity contribution in [3.05, 3.63) is 77.4 Å². The van der Waals surface area contributed by atoms with Crippen LogP contribution < -0.4 is 10.1 Å². The molecular formula is C21H25NO2S. The zero-order valence-electron chi connectivity index (χ0n) is 14.9. The molecular weight excluding hydrogens is 330 g/mol. The molecule has 2 aromatic carbocycles. The number of nitrogens with one attached hydrogen (secondary N) is 1. The molecule has 0 atom stereocenters. The van der Waals surface area contributed by atoms with Crippen LogP contribution in [0.3, 0.4) is 0 Å². The minimum atomic E-state index is -0.0517. The molecule has 2 aromatic rings. The van der Waals surface area contributed by atoms with Crippen LogP contribution in [0.2, 0.25) is 0 Å². The molecule has 2 rings (SSSR count). The molecule has 0 aliphatic heterocycles. The van der Waals surface area contributed by atoms with Crippen LogP contribution in [0.15, 0.2) is 55.1 Å². The molecule has 0 unspecified atom stereocenters. The number of hydrogen-bond acceptors (Lipinski definition) is 3. The van der Waals surface area contributed by atoms with Crippen LogP contribution in [0.5, 0.6) is 5.75 Å². The van der Waals surface area contributed by atoms with E-state index >= 15 is 0 Å². The molecule has 0 saturated heterocycles. The van der Waals surface area contributed by atoms with E-state index in [9.17, 15) is 4.79 Å². The third-order valence-corrected chi connectivity index (χ3v) is 4.82. The van der Waals surface area contributed by atoms with Crippen LogP contribution >= 0.6 is 11.8 Å². The SMILES string of the molecule is C=CCc1cc(C(=O)NCCSCc2cccc(C)c2)ccc1OC. The second-order valence-electron chi connectivity index (χ2n) is 5.82. The third-order valence-electron chi connectivity index (χ3n) is 3.79. The topological polar surface area (TPSA) is 38.3 Å². The van der Waals surface area contributed by atoms with Gasteiger partial charge in [0.1, 0.15) is 5.75 Å². The lowest BCUT2D eigenvalue weighted by atomic mass is 10.1. The number of allylic oxidation sites excluding steroid dienone is 1. The molecule has 0 saturated carbocycles. The molecule has 25 heavy (non-hydrogen) atoms. The molecule has 0 spiro atoms. The Morgan fingerprint density at radius 1 is 1.28 bits per heavy atom. The van der Waals surface area contributed by atoms with E-state index in [-0.39, 0.29) is 5.91 Å². The lowest BCUT2D eigenvalue weighted by molar-refractivity contribution is 0.0956. The molecule has 1 amide bonds. The van der Waals surface area contributed by atoms with E-state index in [1.54, 1.807) is 13.2 Å². The summed E-state index contributed by atoms with van der Waals surface area (Å²) in [7, 11) is 1.63. The first-order chi connectivity index (χ1) is 12.1. The van der Waals surface area contributed by atoms with Gasteiger partial charge in [0.25, 0.3) is 5.91 Å². The van der Waals surface area contributed by atoms with Crippen LogP contribution in [-0.2, 0) is 12.2 Å². The first-order valence-corrected chi connectivity index (χ1v) is 9.49. The van der Waals surface area contributed by atoms with Gasteiger partial charge in [-0.3, -0.25) is 4.79 Å². The molecule has 0 aromatic heterocycles. The smallest absolute Gasteiger partial charge is 0.251 e. The molecule has 0 fully saturated rings. The fourth-order valence-electron chi connectivity index (χ4n) is 2.57. The van der Waals surface area contributed by atoms with Crippen molar-refractivity contribution in [3.8, 4) is 5.75 Å². The summed E-state index contributed by atoms with van der Waals surface area (Å²) in [4.78, 5) is 12.3. The van der Waals surface area contributed by atoms with Crippen molar-refractivity contribution in [1.82, 2.24) is 5.32 Å². The number of carbonyl (C=O) groups excluding carboxylic acids is 1. The van der Waals surface area contributed by atoms with E-state index in [1.165, 1.54) is 11.1 Å². The lowest BCUT2D eigenvalue weighted by Gasteiger charge is -2.10. The quantitative estimate of drug-likeness (QED) is 0.535. The molecule has 132 valence electrons. The zero-order valence-corrected chi connectivity index (χ0v) is 15.7. The van der Waals surface area contributed by atoms with E-state index in [1.807, 2.05) is 30.0 Å². The predicted molar refractivity (Wildman–Crippen MR) is 107 cm³/mol. The summed E-state index contributed by atoms with van der Waals surface area (Å²) in [5, 5.41) is 2.98. The summed E-state index contributed by atoms with van der Waals surface area (Å²) in [6.07, 6.45) is 2.48. The number of thioether (sulfide) groups is 1. The Bertz CT molecular complexity index is 728. The molecule has 4 heteroatoms. The van der Waals surface area contributed by atoms with Crippen molar-refractivity contribution in [1.29, 1.82) is 0 Å². The van der Waals surface area contributed by atoms with Gasteiger partial charge in [-0.2, -0.15) is 11.8 Å². The van der Waals surface area contributed by atoms with Gasteiger partial charge in [-0.15, -0.1) is 6.58 Å². The Morgan fingerprint density at radius 3 is 2.84 bits per heavy atom. The molecule has 0 aliphatic carbocycles. The highest BCUT2D eigenvalue weighted by molar-refractivity contribution is 7.98. The first kappa shape index (κ1) is 19.1. The normalized spacial score (nSPS) is 10.3. The number of carbonyl (C=O) groups is 1. The number of rotatable bonds is 9. The maximum atomic E-state index is 12.3. The van der Waals surface area contributed by atoms with Crippen molar-refractivity contribution >= 4 is 17.7 Å². The minimum Gasteiger partial charge on any atom is -0.496 e. The van der Waals surface area contributed by atoms with Gasteiger partial charge in [0.2, 0.25) is 0 Å². The van der Waals surface area contributed by atoms with Crippen molar-refractivity contribution in [3.63, 3.8) is 0 Å². The number of hydrogen-bond donors (Lipinski definition) is 1. The lowest BCUT2D eigenvalue weighted by Crippen LogP contribution is -2.25. The van der Waals surface area contributed by atoms with E-state index in [4.69, 9.17) is 4.74 Å². The summed E-state index contributed by atoms with van der Waals surface area (Å²) < 4.78 is 5.31. The summed E-state index contributed by atoms with van der Waals surface area (Å²) in [6, 6.07) is 14.0. The second kappa shape index (κ2) is 9.94. The van der Waals surface area contributed by atoms with Gasteiger partial charge in [-0.1, -0.05) is 35.9 Å². The van der Waals surface area contributed by atoms with Crippen LogP contribution in [0, 0.1) is 6.92 Å². The Hall–Kier alpha value is -2.20. The predicted octanol–water partition coefficient (Wildman–Crippen LogP) is 4.40. The Kier molecular flexibility index (Phi) is 7.61. The highest BCUT2D eigenvalue weighted by Crippen LogP contribution is 2.21. The molecule has 0 bridgehead atoms. The number of aryl methyl sites for hydroxylation is 1. The number of ether oxygens (including phenoxy) is 1. The Morgan fingerprint density at radius 2 is 2.12 bits per heavy atom. The third kappa shape index (κ3) is 5.98. The van der Waals surface area contributed by atoms with Crippen LogP contribution in [-0.4, -0.2) is 25.3 Å². The van der Waals surface area contributed by atoms with Crippen molar-refractivity contribution < 1.29 is 9.53 Å². The van der Waals surface area contributed by atoms with Gasteiger partial charge in [0.15, 0.2) is 0 Å². The number of benzene rings is 2. The maximum absolute atomic E-state index is 12.3. The minimum absolute atomic E-state index is 0.0517. The van der Waals surface area contributed by atoms with Crippen molar-refractivity contribution in [2.75, 3.05) is 19.4 Å². The summed E-state index contributed by atoms with van der Waals surface area (Å²) in [6.45, 7) is 6.50. The van der Waals surface area contributed by atoms with E-state index < -0.39 is 0 Å². The van der Waals surface area contributed by atoms with Crippen LogP contribution in [0.25, 0.3) is 0 Å². The van der Waals surface area contributed by atoms with E-state index in [0.29, 0.717) is 18.5 Å². The van der Waals surface area contributed by atoms with Crippen LogP contribution in [0.1, 0.15) is 27.0 Å². The van der Waals surface area contributed by atoms with Crippen molar-refractivity contribution in [2.24, 2.45) is 0 Å². The summed E-state index contributed by atoms with van der Waals surface area (Å²) >= 11 is 1.82. The average molecular weight is 356 g/mol. The molecule has 0 aliphatic rings. The van der Waals surface area contributed by atoms with Gasteiger partial charge >= 0.3 is 0 Å². The van der Waals surface area contributed by atoms with Gasteiger partial charge in [0, 0.05) is 23.6 Å². The fraction of sp³-hybridized carbons (Fsp3) is 0.286. The summed E-state index contributed by atoms with van der Waals surface area (Å²) in [5.74, 6) is 2.58.